The van der Waals surface area contributed by atoms with Crippen molar-refractivity contribution in [2.24, 2.45) is 0 Å². The van der Waals surface area contributed by atoms with E-state index < -0.39 is 5.60 Å². The van der Waals surface area contributed by atoms with Crippen molar-refractivity contribution in [1.82, 2.24) is 4.98 Å². The van der Waals surface area contributed by atoms with Crippen molar-refractivity contribution in [2.75, 3.05) is 24.6 Å². The predicted octanol–water partition coefficient (Wildman–Crippen LogP) is 0.853. The van der Waals surface area contributed by atoms with Crippen LogP contribution in [0.15, 0.2) is 12.3 Å². The average molecular weight is 240 g/mol. The van der Waals surface area contributed by atoms with E-state index >= 15 is 0 Å². The minimum Gasteiger partial charge on any atom is -0.393 e. The first-order valence-corrected chi connectivity index (χ1v) is 5.74. The van der Waals surface area contributed by atoms with E-state index in [2.05, 4.69) is 4.98 Å². The van der Waals surface area contributed by atoms with Crippen LogP contribution in [0.5, 0.6) is 0 Å². The fourth-order valence-corrected chi connectivity index (χ4v) is 2.16. The Labute approximate surface area is 99.7 Å². The Morgan fingerprint density at radius 1 is 1.47 bits per heavy atom. The van der Waals surface area contributed by atoms with E-state index in [1.807, 2.05) is 11.8 Å². The first kappa shape index (κ1) is 12.3. The molecule has 2 heterocycles. The number of halogens is 1. The molecule has 2 rings (SSSR count). The maximum Gasteiger partial charge on any atom is 0.141 e. The summed E-state index contributed by atoms with van der Waals surface area (Å²) in [7, 11) is 0. The van der Waals surface area contributed by atoms with Gasteiger partial charge in [0.25, 0.3) is 0 Å². The molecule has 0 spiro atoms. The number of rotatable bonds is 2. The van der Waals surface area contributed by atoms with Crippen molar-refractivity contribution in [3.8, 4) is 0 Å². The van der Waals surface area contributed by atoms with Gasteiger partial charge in [0, 0.05) is 13.1 Å². The van der Waals surface area contributed by atoms with Crippen LogP contribution in [0, 0.1) is 12.7 Å². The van der Waals surface area contributed by atoms with Crippen molar-refractivity contribution < 1.29 is 14.6 Å². The molecule has 5 heteroatoms. The predicted molar refractivity (Wildman–Crippen MR) is 62.4 cm³/mol. The Kier molecular flexibility index (Phi) is 3.31. The highest BCUT2D eigenvalue weighted by molar-refractivity contribution is 5.46. The number of aromatic nitrogens is 1. The lowest BCUT2D eigenvalue weighted by atomic mass is 9.92. The second-order valence-corrected chi connectivity index (χ2v) is 4.66. The van der Waals surface area contributed by atoms with Crippen LogP contribution in [-0.2, 0) is 0 Å². The number of nitrogens with zero attached hydrogens (tertiary/aromatic N) is 2. The topological polar surface area (TPSA) is 56.6 Å². The van der Waals surface area contributed by atoms with Crippen LogP contribution in [0.3, 0.4) is 0 Å². The van der Waals surface area contributed by atoms with Crippen LogP contribution in [-0.4, -0.2) is 40.5 Å². The molecule has 1 fully saturated rings. The van der Waals surface area contributed by atoms with Gasteiger partial charge in [-0.3, -0.25) is 0 Å². The number of aliphatic hydroxyl groups excluding tert-OH is 1. The summed E-state index contributed by atoms with van der Waals surface area (Å²) in [6.45, 7) is 2.85. The molecule has 0 radical (unpaired) electrons. The highest BCUT2D eigenvalue weighted by Crippen LogP contribution is 2.26. The third kappa shape index (κ3) is 2.56. The zero-order chi connectivity index (χ0) is 12.5. The van der Waals surface area contributed by atoms with Crippen LogP contribution in [0.4, 0.5) is 10.2 Å². The van der Waals surface area contributed by atoms with Gasteiger partial charge in [0.2, 0.25) is 0 Å². The largest absolute Gasteiger partial charge is 0.393 e. The van der Waals surface area contributed by atoms with Crippen LogP contribution >= 0.6 is 0 Å². The molecule has 2 N–H and O–H groups in total. The van der Waals surface area contributed by atoms with Gasteiger partial charge in [0.15, 0.2) is 0 Å². The molecule has 0 atom stereocenters. The normalized spacial score (nSPS) is 19.4. The van der Waals surface area contributed by atoms with Gasteiger partial charge in [-0.05, 0) is 31.4 Å². The van der Waals surface area contributed by atoms with Crippen molar-refractivity contribution in [2.45, 2.75) is 25.4 Å². The minimum atomic E-state index is -0.968. The standard InChI is InChI=1S/C12H17FN2O2/c1-9-6-10(13)7-14-11(9)15-4-2-12(17,8-16)3-5-15/h6-7,16-17H,2-5,8H2,1H3. The molecule has 1 saturated heterocycles. The number of hydrogen-bond acceptors (Lipinski definition) is 4. The summed E-state index contributed by atoms with van der Waals surface area (Å²) in [4.78, 5) is 6.09. The van der Waals surface area contributed by atoms with Crippen LogP contribution in [0.25, 0.3) is 0 Å². The first-order valence-electron chi connectivity index (χ1n) is 5.74. The Hall–Kier alpha value is -1.20. The number of aliphatic hydroxyl groups is 2. The van der Waals surface area contributed by atoms with Crippen molar-refractivity contribution in [3.63, 3.8) is 0 Å². The highest BCUT2D eigenvalue weighted by atomic mass is 19.1. The SMILES string of the molecule is Cc1cc(F)cnc1N1CCC(O)(CO)CC1. The summed E-state index contributed by atoms with van der Waals surface area (Å²) in [5.41, 5.74) is -0.177. The number of anilines is 1. The van der Waals surface area contributed by atoms with Gasteiger partial charge < -0.3 is 15.1 Å². The Bertz CT molecular complexity index is 403. The van der Waals surface area contributed by atoms with E-state index in [-0.39, 0.29) is 12.4 Å². The highest BCUT2D eigenvalue weighted by Gasteiger charge is 2.32. The third-order valence-corrected chi connectivity index (χ3v) is 3.31. The summed E-state index contributed by atoms with van der Waals surface area (Å²) in [6, 6.07) is 1.45. The third-order valence-electron chi connectivity index (χ3n) is 3.31. The van der Waals surface area contributed by atoms with Gasteiger partial charge in [-0.15, -0.1) is 0 Å². The Morgan fingerprint density at radius 3 is 2.65 bits per heavy atom. The molecule has 0 aliphatic carbocycles. The molecule has 94 valence electrons. The molecule has 0 bridgehead atoms. The lowest BCUT2D eigenvalue weighted by molar-refractivity contribution is -0.0326. The molecule has 0 amide bonds. The van der Waals surface area contributed by atoms with Crippen molar-refractivity contribution in [3.05, 3.63) is 23.6 Å². The van der Waals surface area contributed by atoms with Gasteiger partial charge in [0.1, 0.15) is 11.6 Å². The van der Waals surface area contributed by atoms with E-state index in [4.69, 9.17) is 5.11 Å². The first-order chi connectivity index (χ1) is 8.04. The Balaban J connectivity index is 2.10. The smallest absolute Gasteiger partial charge is 0.141 e. The molecular formula is C12H17FN2O2. The summed E-state index contributed by atoms with van der Waals surface area (Å²) in [5, 5.41) is 19.0. The number of piperidine rings is 1. The van der Waals surface area contributed by atoms with Crippen LogP contribution in [0.1, 0.15) is 18.4 Å². The molecule has 4 nitrogen and oxygen atoms in total. The van der Waals surface area contributed by atoms with E-state index in [9.17, 15) is 9.50 Å². The zero-order valence-electron chi connectivity index (χ0n) is 9.86. The number of hydrogen-bond donors (Lipinski definition) is 2. The molecule has 0 unspecified atom stereocenters. The lowest BCUT2D eigenvalue weighted by Crippen LogP contribution is -2.47. The zero-order valence-corrected chi connectivity index (χ0v) is 9.86. The van der Waals surface area contributed by atoms with Gasteiger partial charge in [-0.1, -0.05) is 0 Å². The Morgan fingerprint density at radius 2 is 2.12 bits per heavy atom. The maximum absolute atomic E-state index is 12.9. The summed E-state index contributed by atoms with van der Waals surface area (Å²) in [5.74, 6) is 0.418. The maximum atomic E-state index is 12.9. The fourth-order valence-electron chi connectivity index (χ4n) is 2.16. The van der Waals surface area contributed by atoms with Gasteiger partial charge >= 0.3 is 0 Å². The molecule has 1 aliphatic rings. The van der Waals surface area contributed by atoms with Crippen LogP contribution < -0.4 is 4.90 Å². The second-order valence-electron chi connectivity index (χ2n) is 4.66. The number of pyridine rings is 1. The van der Waals surface area contributed by atoms with E-state index in [1.54, 1.807) is 0 Å². The monoisotopic (exact) mass is 240 g/mol. The van der Waals surface area contributed by atoms with Crippen LogP contribution in [0.2, 0.25) is 0 Å². The average Bonchev–Trinajstić information content (AvgIpc) is 2.31. The molecule has 1 aromatic heterocycles. The second kappa shape index (κ2) is 4.58. The van der Waals surface area contributed by atoms with E-state index in [0.29, 0.717) is 25.9 Å². The van der Waals surface area contributed by atoms with E-state index in [0.717, 1.165) is 11.4 Å². The van der Waals surface area contributed by atoms with Crippen molar-refractivity contribution in [1.29, 1.82) is 0 Å². The molecular weight excluding hydrogens is 223 g/mol. The summed E-state index contributed by atoms with van der Waals surface area (Å²) < 4.78 is 12.9. The minimum absolute atomic E-state index is 0.212. The fraction of sp³-hybridized carbons (Fsp3) is 0.583. The van der Waals surface area contributed by atoms with Gasteiger partial charge in [-0.25, -0.2) is 9.37 Å². The molecule has 1 aliphatic heterocycles. The van der Waals surface area contributed by atoms with E-state index in [1.165, 1.54) is 12.3 Å². The lowest BCUT2D eigenvalue weighted by Gasteiger charge is -2.38. The summed E-state index contributed by atoms with van der Waals surface area (Å²) in [6.07, 6.45) is 2.21. The van der Waals surface area contributed by atoms with Gasteiger partial charge in [-0.2, -0.15) is 0 Å². The molecule has 17 heavy (non-hydrogen) atoms. The quantitative estimate of drug-likeness (QED) is 0.804. The molecule has 1 aromatic rings. The molecule has 0 aromatic carbocycles. The van der Waals surface area contributed by atoms with Gasteiger partial charge in [0.05, 0.1) is 18.4 Å². The van der Waals surface area contributed by atoms with Crippen molar-refractivity contribution >= 4 is 5.82 Å². The molecule has 0 saturated carbocycles. The summed E-state index contributed by atoms with van der Waals surface area (Å²) >= 11 is 0. The number of aryl methyl sites for hydroxylation is 1.